The molecule has 0 bridgehead atoms. The third-order valence-electron chi connectivity index (χ3n) is 6.67. The molecule has 3 heterocycles. The van der Waals surface area contributed by atoms with Crippen LogP contribution in [0.3, 0.4) is 0 Å². The number of hydrogen-bond acceptors (Lipinski definition) is 3. The van der Waals surface area contributed by atoms with Crippen LogP contribution >= 0.6 is 0 Å². The fraction of sp³-hybridized carbons (Fsp3) is 0.0909. The maximum Gasteiger partial charge on any atom is 0.146 e. The Bertz CT molecular complexity index is 1860. The van der Waals surface area contributed by atoms with Gasteiger partial charge in [0.05, 0.1) is 11.1 Å². The molecule has 0 aliphatic heterocycles. The number of hydrogen-bond donors (Lipinski definition) is 0. The maximum absolute atomic E-state index is 6.10. The van der Waals surface area contributed by atoms with E-state index in [0.717, 1.165) is 49.8 Å². The summed E-state index contributed by atoms with van der Waals surface area (Å²) in [6, 6.07) is 33.2. The molecule has 3 aromatic heterocycles. The summed E-state index contributed by atoms with van der Waals surface area (Å²) < 4.78 is 6.10. The zero-order valence-corrected chi connectivity index (χ0v) is 23.2. The van der Waals surface area contributed by atoms with Crippen LogP contribution in [0.5, 0.6) is 0 Å². The van der Waals surface area contributed by atoms with Gasteiger partial charge in [0.1, 0.15) is 5.58 Å². The summed E-state index contributed by atoms with van der Waals surface area (Å²) in [4.78, 5) is 8.96. The molecule has 4 aromatic carbocycles. The van der Waals surface area contributed by atoms with Gasteiger partial charge in [-0.3, -0.25) is 4.98 Å². The van der Waals surface area contributed by atoms with E-state index in [2.05, 4.69) is 84.5 Å². The standard InChI is InChI=1S/C21H14NO.C12H10N.Ir/c1-12-11-22-20-19-17-8-7-14-5-3-4-6-15(14)16(17)9-10-18(19)23-21(20)13(12)2;1-10-7-8-12(13-9-10)11-5-3-2-4-6-11;/h3-7,9-11H,1-2H3;2-5,7-9H,1H3;/q2*-1;. The van der Waals surface area contributed by atoms with E-state index in [1.54, 1.807) is 0 Å². The smallest absolute Gasteiger partial charge is 0.146 e. The van der Waals surface area contributed by atoms with Gasteiger partial charge in [0.15, 0.2) is 0 Å². The third kappa shape index (κ3) is 4.55. The second-order valence-corrected chi connectivity index (χ2v) is 9.08. The Labute approximate surface area is 229 Å². The first-order valence-corrected chi connectivity index (χ1v) is 12.0. The van der Waals surface area contributed by atoms with Crippen molar-refractivity contribution < 1.29 is 24.5 Å². The number of benzene rings is 4. The molecule has 0 saturated carbocycles. The van der Waals surface area contributed by atoms with Crippen LogP contribution in [-0.4, -0.2) is 9.97 Å². The van der Waals surface area contributed by atoms with Crippen molar-refractivity contribution in [2.75, 3.05) is 0 Å². The fourth-order valence-corrected chi connectivity index (χ4v) is 4.56. The molecule has 1 radical (unpaired) electrons. The molecule has 0 N–H and O–H groups in total. The van der Waals surface area contributed by atoms with Crippen LogP contribution in [0.1, 0.15) is 16.7 Å². The minimum Gasteiger partial charge on any atom is -0.465 e. The zero-order chi connectivity index (χ0) is 24.6. The summed E-state index contributed by atoms with van der Waals surface area (Å²) in [5.41, 5.74) is 8.19. The van der Waals surface area contributed by atoms with Gasteiger partial charge in [0.25, 0.3) is 0 Å². The molecule has 0 aliphatic rings. The van der Waals surface area contributed by atoms with Gasteiger partial charge < -0.3 is 9.40 Å². The van der Waals surface area contributed by atoms with Gasteiger partial charge in [0, 0.05) is 32.5 Å². The van der Waals surface area contributed by atoms with Gasteiger partial charge in [-0.15, -0.1) is 58.8 Å². The fourth-order valence-electron chi connectivity index (χ4n) is 4.56. The van der Waals surface area contributed by atoms with E-state index in [0.29, 0.717) is 0 Å². The van der Waals surface area contributed by atoms with Crippen molar-refractivity contribution in [3.8, 4) is 11.3 Å². The summed E-state index contributed by atoms with van der Waals surface area (Å²) >= 11 is 0. The zero-order valence-electron chi connectivity index (χ0n) is 20.8. The molecule has 4 heteroatoms. The van der Waals surface area contributed by atoms with Crippen molar-refractivity contribution in [3.05, 3.63) is 120 Å². The van der Waals surface area contributed by atoms with Crippen LogP contribution < -0.4 is 0 Å². The molecule has 0 atom stereocenters. The summed E-state index contributed by atoms with van der Waals surface area (Å²) in [6.45, 7) is 6.18. The molecule has 183 valence electrons. The Morgan fingerprint density at radius 2 is 1.59 bits per heavy atom. The monoisotopic (exact) mass is 657 g/mol. The van der Waals surface area contributed by atoms with Crippen LogP contribution in [0.4, 0.5) is 0 Å². The van der Waals surface area contributed by atoms with E-state index in [1.165, 1.54) is 21.7 Å². The van der Waals surface area contributed by atoms with Gasteiger partial charge in [-0.25, -0.2) is 0 Å². The quantitative estimate of drug-likeness (QED) is 0.131. The predicted molar refractivity (Wildman–Crippen MR) is 148 cm³/mol. The first-order valence-electron chi connectivity index (χ1n) is 12.0. The number of pyridine rings is 2. The average molecular weight is 657 g/mol. The van der Waals surface area contributed by atoms with Crippen molar-refractivity contribution >= 4 is 43.6 Å². The normalized spacial score (nSPS) is 10.9. The Hall–Kier alpha value is -3.85. The van der Waals surface area contributed by atoms with E-state index in [9.17, 15) is 0 Å². The number of furan rings is 1. The third-order valence-corrected chi connectivity index (χ3v) is 6.67. The molecule has 3 nitrogen and oxygen atoms in total. The van der Waals surface area contributed by atoms with Crippen LogP contribution in [-0.2, 0) is 20.1 Å². The molecule has 0 unspecified atom stereocenters. The molecule has 7 aromatic rings. The molecule has 0 aliphatic carbocycles. The second kappa shape index (κ2) is 10.3. The van der Waals surface area contributed by atoms with Gasteiger partial charge in [0.2, 0.25) is 0 Å². The SMILES string of the molecule is Cc1ccc(-c2[c-]cccc2)nc1.Cc1cnc2c(oc3ccc4c([c-]cc5ccccc54)c32)c1C.[Ir]. The van der Waals surface area contributed by atoms with Crippen molar-refractivity contribution in [1.82, 2.24) is 9.97 Å². The Morgan fingerprint density at radius 1 is 0.757 bits per heavy atom. The summed E-state index contributed by atoms with van der Waals surface area (Å²) in [7, 11) is 0. The van der Waals surface area contributed by atoms with Gasteiger partial charge in [-0.1, -0.05) is 53.2 Å². The first kappa shape index (κ1) is 24.8. The number of fused-ring (bicyclic) bond motifs is 7. The minimum absolute atomic E-state index is 0. The number of aryl methyl sites for hydroxylation is 3. The average Bonchev–Trinajstić information content (AvgIpc) is 3.32. The van der Waals surface area contributed by atoms with E-state index < -0.39 is 0 Å². The molecule has 0 spiro atoms. The number of aromatic nitrogens is 2. The molecule has 0 saturated heterocycles. The van der Waals surface area contributed by atoms with Crippen LogP contribution in [0.15, 0.2) is 95.7 Å². The Morgan fingerprint density at radius 3 is 2.38 bits per heavy atom. The van der Waals surface area contributed by atoms with E-state index in [4.69, 9.17) is 4.42 Å². The van der Waals surface area contributed by atoms with E-state index >= 15 is 0 Å². The predicted octanol–water partition coefficient (Wildman–Crippen LogP) is 8.56. The van der Waals surface area contributed by atoms with Crippen LogP contribution in [0, 0.1) is 32.9 Å². The van der Waals surface area contributed by atoms with E-state index in [1.807, 2.05) is 49.6 Å². The van der Waals surface area contributed by atoms with Gasteiger partial charge in [-0.2, -0.15) is 0 Å². The molecule has 0 amide bonds. The van der Waals surface area contributed by atoms with Crippen LogP contribution in [0.2, 0.25) is 0 Å². The van der Waals surface area contributed by atoms with Gasteiger partial charge in [-0.05, 0) is 54.6 Å². The van der Waals surface area contributed by atoms with Crippen molar-refractivity contribution in [2.45, 2.75) is 20.8 Å². The molecular weight excluding hydrogens is 633 g/mol. The minimum atomic E-state index is 0. The molecule has 7 rings (SSSR count). The van der Waals surface area contributed by atoms with Crippen molar-refractivity contribution in [1.29, 1.82) is 0 Å². The molecule has 37 heavy (non-hydrogen) atoms. The van der Waals surface area contributed by atoms with Gasteiger partial charge >= 0.3 is 0 Å². The summed E-state index contributed by atoms with van der Waals surface area (Å²) in [5.74, 6) is 0. The van der Waals surface area contributed by atoms with Crippen molar-refractivity contribution in [3.63, 3.8) is 0 Å². The molecular formula is C33H24IrN2O-2. The topological polar surface area (TPSA) is 38.9 Å². The van der Waals surface area contributed by atoms with E-state index in [-0.39, 0.29) is 20.1 Å². The Balaban J connectivity index is 0.000000172. The van der Waals surface area contributed by atoms with Crippen molar-refractivity contribution in [2.24, 2.45) is 0 Å². The first-order chi connectivity index (χ1) is 17.6. The summed E-state index contributed by atoms with van der Waals surface area (Å²) in [5, 5.41) is 5.77. The Kier molecular flexibility index (Phi) is 6.88. The van der Waals surface area contributed by atoms with Crippen LogP contribution in [0.25, 0.3) is 54.9 Å². The maximum atomic E-state index is 6.10. The number of rotatable bonds is 1. The summed E-state index contributed by atoms with van der Waals surface area (Å²) in [6.07, 6.45) is 3.79. The number of nitrogens with zero attached hydrogens (tertiary/aromatic N) is 2. The largest absolute Gasteiger partial charge is 0.465 e. The molecule has 0 fully saturated rings. The second-order valence-electron chi connectivity index (χ2n) is 9.08.